The van der Waals surface area contributed by atoms with Gasteiger partial charge >= 0.3 is 0 Å². The maximum atomic E-state index is 12.4. The summed E-state index contributed by atoms with van der Waals surface area (Å²) in [6.45, 7) is 1.34. The second kappa shape index (κ2) is 4.76. The highest BCUT2D eigenvalue weighted by atomic mass is 16.3. The van der Waals surface area contributed by atoms with Gasteiger partial charge in [0.15, 0.2) is 0 Å². The van der Waals surface area contributed by atoms with Gasteiger partial charge in [-0.2, -0.15) is 0 Å². The maximum absolute atomic E-state index is 12.4. The van der Waals surface area contributed by atoms with Crippen molar-refractivity contribution >= 4 is 5.91 Å². The molecule has 1 aliphatic heterocycles. The summed E-state index contributed by atoms with van der Waals surface area (Å²) >= 11 is 0. The van der Waals surface area contributed by atoms with Crippen LogP contribution in [0.3, 0.4) is 0 Å². The van der Waals surface area contributed by atoms with E-state index in [1.165, 1.54) is 0 Å². The molecule has 0 bridgehead atoms. The van der Waals surface area contributed by atoms with Crippen molar-refractivity contribution in [2.45, 2.75) is 13.0 Å². The third-order valence-electron chi connectivity index (χ3n) is 3.50. The molecule has 96 valence electrons. The van der Waals surface area contributed by atoms with Crippen molar-refractivity contribution in [3.63, 3.8) is 0 Å². The van der Waals surface area contributed by atoms with Gasteiger partial charge in [-0.25, -0.2) is 0 Å². The van der Waals surface area contributed by atoms with Crippen LogP contribution in [-0.4, -0.2) is 22.5 Å². The second-order valence-electron chi connectivity index (χ2n) is 4.80. The van der Waals surface area contributed by atoms with E-state index < -0.39 is 0 Å². The van der Waals surface area contributed by atoms with Crippen LogP contribution in [0.25, 0.3) is 0 Å². The topological polar surface area (TPSA) is 40.5 Å². The molecule has 0 spiro atoms. The highest BCUT2D eigenvalue weighted by Crippen LogP contribution is 2.21. The van der Waals surface area contributed by atoms with E-state index in [9.17, 15) is 9.90 Å². The first kappa shape index (κ1) is 11.8. The van der Waals surface area contributed by atoms with Crippen LogP contribution in [0.1, 0.15) is 21.5 Å². The van der Waals surface area contributed by atoms with Crippen molar-refractivity contribution in [2.24, 2.45) is 0 Å². The maximum Gasteiger partial charge on any atom is 0.254 e. The summed E-state index contributed by atoms with van der Waals surface area (Å²) in [5, 5.41) is 9.26. The van der Waals surface area contributed by atoms with Gasteiger partial charge in [0.1, 0.15) is 5.75 Å². The number of aromatic hydroxyl groups is 1. The zero-order chi connectivity index (χ0) is 13.2. The Bertz CT molecular complexity index is 604. The van der Waals surface area contributed by atoms with Gasteiger partial charge in [-0.05, 0) is 35.7 Å². The molecule has 0 saturated carbocycles. The molecule has 1 N–H and O–H groups in total. The molecule has 1 aliphatic rings. The molecule has 0 aromatic heterocycles. The second-order valence-corrected chi connectivity index (χ2v) is 4.80. The number of amides is 1. The minimum Gasteiger partial charge on any atom is -0.508 e. The molecule has 19 heavy (non-hydrogen) atoms. The largest absolute Gasteiger partial charge is 0.508 e. The van der Waals surface area contributed by atoms with Crippen LogP contribution in [0.5, 0.6) is 5.75 Å². The summed E-state index contributed by atoms with van der Waals surface area (Å²) in [5.74, 6) is 0.342. The summed E-state index contributed by atoms with van der Waals surface area (Å²) in [7, 11) is 0. The van der Waals surface area contributed by atoms with Crippen molar-refractivity contribution in [3.8, 4) is 5.75 Å². The van der Waals surface area contributed by atoms with Gasteiger partial charge in [0.05, 0.1) is 0 Å². The smallest absolute Gasteiger partial charge is 0.254 e. The monoisotopic (exact) mass is 253 g/mol. The number of carbonyl (C=O) groups is 1. The predicted octanol–water partition coefficient (Wildman–Crippen LogP) is 2.59. The molecule has 2 aromatic carbocycles. The van der Waals surface area contributed by atoms with Crippen molar-refractivity contribution < 1.29 is 9.90 Å². The molecule has 1 amide bonds. The fraction of sp³-hybridized carbons (Fsp3) is 0.188. The van der Waals surface area contributed by atoms with E-state index in [4.69, 9.17) is 0 Å². The number of carbonyl (C=O) groups excluding carboxylic acids is 1. The molecule has 0 fully saturated rings. The van der Waals surface area contributed by atoms with E-state index in [0.717, 1.165) is 29.7 Å². The number of rotatable bonds is 2. The van der Waals surface area contributed by atoms with Gasteiger partial charge in [0.25, 0.3) is 5.91 Å². The quantitative estimate of drug-likeness (QED) is 0.893. The summed E-state index contributed by atoms with van der Waals surface area (Å²) < 4.78 is 0. The van der Waals surface area contributed by atoms with Crippen molar-refractivity contribution in [1.82, 2.24) is 4.90 Å². The molecule has 3 heteroatoms. The molecule has 0 saturated heterocycles. The summed E-state index contributed by atoms with van der Waals surface area (Å²) in [4.78, 5) is 14.2. The van der Waals surface area contributed by atoms with E-state index in [1.807, 2.05) is 41.3 Å². The van der Waals surface area contributed by atoms with Crippen molar-refractivity contribution in [1.29, 1.82) is 0 Å². The first-order chi connectivity index (χ1) is 9.24. The zero-order valence-electron chi connectivity index (χ0n) is 10.5. The van der Waals surface area contributed by atoms with E-state index in [2.05, 4.69) is 0 Å². The van der Waals surface area contributed by atoms with Crippen LogP contribution in [0.4, 0.5) is 0 Å². The van der Waals surface area contributed by atoms with E-state index >= 15 is 0 Å². The average molecular weight is 253 g/mol. The van der Waals surface area contributed by atoms with Crippen molar-refractivity contribution in [2.75, 3.05) is 6.54 Å². The number of fused-ring (bicyclic) bond motifs is 1. The van der Waals surface area contributed by atoms with Crippen LogP contribution >= 0.6 is 0 Å². The van der Waals surface area contributed by atoms with Gasteiger partial charge in [-0.15, -0.1) is 0 Å². The highest BCUT2D eigenvalue weighted by Gasteiger charge is 2.23. The van der Waals surface area contributed by atoms with Gasteiger partial charge in [0, 0.05) is 18.7 Å². The van der Waals surface area contributed by atoms with E-state index in [1.54, 1.807) is 12.1 Å². The third kappa shape index (κ3) is 2.32. The van der Waals surface area contributed by atoms with Gasteiger partial charge < -0.3 is 10.0 Å². The van der Waals surface area contributed by atoms with E-state index in [-0.39, 0.29) is 11.7 Å². The van der Waals surface area contributed by atoms with Crippen LogP contribution in [0.2, 0.25) is 0 Å². The van der Waals surface area contributed by atoms with E-state index in [0.29, 0.717) is 6.54 Å². The van der Waals surface area contributed by atoms with Crippen molar-refractivity contribution in [3.05, 3.63) is 65.2 Å². The first-order valence-electron chi connectivity index (χ1n) is 6.39. The first-order valence-corrected chi connectivity index (χ1v) is 6.39. The van der Waals surface area contributed by atoms with Gasteiger partial charge in [-0.1, -0.05) is 30.3 Å². The fourth-order valence-electron chi connectivity index (χ4n) is 2.45. The average Bonchev–Trinajstić information content (AvgIpc) is 2.45. The van der Waals surface area contributed by atoms with Gasteiger partial charge in [-0.3, -0.25) is 4.79 Å². The Morgan fingerprint density at radius 3 is 2.58 bits per heavy atom. The molecule has 0 unspecified atom stereocenters. The normalized spacial score (nSPS) is 14.3. The fourth-order valence-corrected chi connectivity index (χ4v) is 2.45. The zero-order valence-corrected chi connectivity index (χ0v) is 10.5. The predicted molar refractivity (Wildman–Crippen MR) is 73.0 cm³/mol. The molecule has 1 heterocycles. The number of hydrogen-bond acceptors (Lipinski definition) is 2. The number of hydrogen-bond donors (Lipinski definition) is 1. The lowest BCUT2D eigenvalue weighted by atomic mass is 9.99. The Morgan fingerprint density at radius 2 is 1.79 bits per heavy atom. The van der Waals surface area contributed by atoms with Crippen LogP contribution in [0.15, 0.2) is 48.5 Å². The lowest BCUT2D eigenvalue weighted by Crippen LogP contribution is -2.36. The SMILES string of the molecule is O=C1c2ccccc2CCN1Cc1ccc(O)cc1. The Balaban J connectivity index is 1.81. The summed E-state index contributed by atoms with van der Waals surface area (Å²) in [6, 6.07) is 14.8. The van der Waals surface area contributed by atoms with Crippen LogP contribution in [0, 0.1) is 0 Å². The molecule has 0 aliphatic carbocycles. The third-order valence-corrected chi connectivity index (χ3v) is 3.50. The number of nitrogens with zero attached hydrogens (tertiary/aromatic N) is 1. The summed E-state index contributed by atoms with van der Waals surface area (Å²) in [5.41, 5.74) is 2.98. The standard InChI is InChI=1S/C16H15NO2/c18-14-7-5-12(6-8-14)11-17-10-9-13-3-1-2-4-15(13)16(17)19/h1-8,18H,9-11H2. The van der Waals surface area contributed by atoms with Gasteiger partial charge in [0.2, 0.25) is 0 Å². The molecular formula is C16H15NO2. The molecule has 3 rings (SSSR count). The Kier molecular flexibility index (Phi) is 2.95. The lowest BCUT2D eigenvalue weighted by molar-refractivity contribution is 0.0727. The minimum absolute atomic E-state index is 0.0925. The van der Waals surface area contributed by atoms with Crippen LogP contribution in [-0.2, 0) is 13.0 Å². The molecule has 3 nitrogen and oxygen atoms in total. The Hall–Kier alpha value is -2.29. The Labute approximate surface area is 112 Å². The number of phenols is 1. The molecule has 0 atom stereocenters. The number of phenolic OH excluding ortho intramolecular Hbond substituents is 1. The molecular weight excluding hydrogens is 238 g/mol. The molecule has 2 aromatic rings. The highest BCUT2D eigenvalue weighted by molar-refractivity contribution is 5.96. The van der Waals surface area contributed by atoms with Crippen LogP contribution < -0.4 is 0 Å². The Morgan fingerprint density at radius 1 is 1.05 bits per heavy atom. The molecule has 0 radical (unpaired) electrons. The summed E-state index contributed by atoms with van der Waals surface area (Å²) in [6.07, 6.45) is 0.903. The minimum atomic E-state index is 0.0925. The number of benzene rings is 2. The lowest BCUT2D eigenvalue weighted by Gasteiger charge is -2.28.